The van der Waals surface area contributed by atoms with Crippen molar-refractivity contribution < 1.29 is 4.79 Å². The molecule has 0 bridgehead atoms. The second-order valence-electron chi connectivity index (χ2n) is 5.26. The van der Waals surface area contributed by atoms with Crippen molar-refractivity contribution in [3.63, 3.8) is 0 Å². The molecule has 1 aliphatic carbocycles. The van der Waals surface area contributed by atoms with E-state index in [0.29, 0.717) is 0 Å². The Morgan fingerprint density at radius 3 is 2.80 bits per heavy atom. The molecule has 0 fully saturated rings. The van der Waals surface area contributed by atoms with Gasteiger partial charge in [-0.3, -0.25) is 4.79 Å². The lowest BCUT2D eigenvalue weighted by atomic mass is 10.00. The summed E-state index contributed by atoms with van der Waals surface area (Å²) in [6, 6.07) is 10.3. The van der Waals surface area contributed by atoms with Crippen LogP contribution >= 0.6 is 11.8 Å². The van der Waals surface area contributed by atoms with Crippen LogP contribution in [0.5, 0.6) is 0 Å². The number of hydrogen-bond acceptors (Lipinski definition) is 2. The molecule has 0 saturated heterocycles. The highest BCUT2D eigenvalue weighted by molar-refractivity contribution is 7.99. The van der Waals surface area contributed by atoms with Crippen molar-refractivity contribution in [1.29, 1.82) is 0 Å². The number of hydrogen-bond donors (Lipinski definition) is 1. The van der Waals surface area contributed by atoms with Gasteiger partial charge in [-0.25, -0.2) is 0 Å². The van der Waals surface area contributed by atoms with E-state index in [1.165, 1.54) is 30.4 Å². The lowest BCUT2D eigenvalue weighted by molar-refractivity contribution is -0.120. The van der Waals surface area contributed by atoms with Gasteiger partial charge in [-0.15, -0.1) is 11.8 Å². The van der Waals surface area contributed by atoms with Gasteiger partial charge in [0.25, 0.3) is 0 Å². The standard InChI is InChI=1S/C17H23NOS/c1-14(20-13-16-10-6-3-7-11-16)17(19)18-12-15-8-4-2-5-9-15/h3,6-8,10-11,14H,2,4-5,9,12-13H2,1H3,(H,18,19)/t14-/m1/s1. The molecule has 3 heteroatoms. The van der Waals surface area contributed by atoms with E-state index in [-0.39, 0.29) is 11.2 Å². The molecule has 108 valence electrons. The smallest absolute Gasteiger partial charge is 0.233 e. The van der Waals surface area contributed by atoms with Gasteiger partial charge in [0.15, 0.2) is 0 Å². The maximum absolute atomic E-state index is 12.0. The molecule has 0 saturated carbocycles. The Morgan fingerprint density at radius 2 is 2.10 bits per heavy atom. The number of thioether (sulfide) groups is 1. The van der Waals surface area contributed by atoms with E-state index >= 15 is 0 Å². The molecule has 1 aliphatic rings. The van der Waals surface area contributed by atoms with Crippen LogP contribution in [0, 0.1) is 0 Å². The van der Waals surface area contributed by atoms with E-state index in [9.17, 15) is 4.79 Å². The predicted octanol–water partition coefficient (Wildman–Crippen LogP) is 3.92. The van der Waals surface area contributed by atoms with Crippen molar-refractivity contribution in [2.45, 2.75) is 43.6 Å². The highest BCUT2D eigenvalue weighted by atomic mass is 32.2. The number of carbonyl (C=O) groups excluding carboxylic acids is 1. The number of allylic oxidation sites excluding steroid dienone is 1. The lowest BCUT2D eigenvalue weighted by Gasteiger charge is -2.16. The summed E-state index contributed by atoms with van der Waals surface area (Å²) < 4.78 is 0. The van der Waals surface area contributed by atoms with Crippen LogP contribution in [0.1, 0.15) is 38.2 Å². The van der Waals surface area contributed by atoms with Crippen molar-refractivity contribution in [3.8, 4) is 0 Å². The molecule has 0 spiro atoms. The molecule has 1 atom stereocenters. The van der Waals surface area contributed by atoms with Crippen molar-refractivity contribution >= 4 is 17.7 Å². The fraction of sp³-hybridized carbons (Fsp3) is 0.471. The summed E-state index contributed by atoms with van der Waals surface area (Å²) in [5.74, 6) is 1.04. The van der Waals surface area contributed by atoms with Crippen LogP contribution in [-0.4, -0.2) is 17.7 Å². The zero-order valence-electron chi connectivity index (χ0n) is 12.1. The SMILES string of the molecule is C[C@@H](SCc1ccccc1)C(=O)NCC1=CCCCC1. The van der Waals surface area contributed by atoms with Gasteiger partial charge in [-0.1, -0.05) is 42.0 Å². The Balaban J connectivity index is 1.70. The summed E-state index contributed by atoms with van der Waals surface area (Å²) in [5, 5.41) is 3.06. The maximum Gasteiger partial charge on any atom is 0.233 e. The van der Waals surface area contributed by atoms with E-state index < -0.39 is 0 Å². The second-order valence-corrected chi connectivity index (χ2v) is 6.59. The summed E-state index contributed by atoms with van der Waals surface area (Å²) in [6.07, 6.45) is 7.15. The number of nitrogens with one attached hydrogen (secondary N) is 1. The predicted molar refractivity (Wildman–Crippen MR) is 86.8 cm³/mol. The van der Waals surface area contributed by atoms with Crippen LogP contribution in [0.4, 0.5) is 0 Å². The highest BCUT2D eigenvalue weighted by Crippen LogP contribution is 2.19. The summed E-state index contributed by atoms with van der Waals surface area (Å²) in [4.78, 5) is 12.0. The molecule has 0 heterocycles. The Morgan fingerprint density at radius 1 is 1.30 bits per heavy atom. The largest absolute Gasteiger partial charge is 0.351 e. The number of carbonyl (C=O) groups is 1. The first kappa shape index (κ1) is 15.2. The minimum atomic E-state index is -0.000559. The average Bonchev–Trinajstić information content (AvgIpc) is 2.52. The number of benzene rings is 1. The maximum atomic E-state index is 12.0. The first-order chi connectivity index (χ1) is 9.75. The fourth-order valence-electron chi connectivity index (χ4n) is 2.28. The van der Waals surface area contributed by atoms with Crippen molar-refractivity contribution in [1.82, 2.24) is 5.32 Å². The topological polar surface area (TPSA) is 29.1 Å². The van der Waals surface area contributed by atoms with Crippen LogP contribution in [0.3, 0.4) is 0 Å². The molecule has 1 N–H and O–H groups in total. The quantitative estimate of drug-likeness (QED) is 0.804. The summed E-state index contributed by atoms with van der Waals surface area (Å²) in [5.41, 5.74) is 2.66. The Kier molecular flexibility index (Phi) is 6.19. The molecule has 1 amide bonds. The average molecular weight is 289 g/mol. The van der Waals surface area contributed by atoms with Gasteiger partial charge in [0.1, 0.15) is 0 Å². The van der Waals surface area contributed by atoms with Crippen molar-refractivity contribution in [2.75, 3.05) is 6.54 Å². The molecule has 0 aliphatic heterocycles. The summed E-state index contributed by atoms with van der Waals surface area (Å²) in [7, 11) is 0. The van der Waals surface area contributed by atoms with Crippen LogP contribution in [0.15, 0.2) is 42.0 Å². The normalized spacial score (nSPS) is 16.4. The Hall–Kier alpha value is -1.22. The van der Waals surface area contributed by atoms with Gasteiger partial charge in [0.05, 0.1) is 5.25 Å². The van der Waals surface area contributed by atoms with E-state index in [0.717, 1.165) is 18.7 Å². The van der Waals surface area contributed by atoms with Crippen molar-refractivity contribution in [2.24, 2.45) is 0 Å². The van der Waals surface area contributed by atoms with Gasteiger partial charge in [-0.05, 0) is 38.2 Å². The minimum Gasteiger partial charge on any atom is -0.351 e. The van der Waals surface area contributed by atoms with Crippen LogP contribution in [0.2, 0.25) is 0 Å². The fourth-order valence-corrected chi connectivity index (χ4v) is 3.15. The Labute approximate surface area is 126 Å². The Bertz CT molecular complexity index is 455. The molecule has 0 radical (unpaired) electrons. The third kappa shape index (κ3) is 5.04. The molecule has 0 aromatic heterocycles. The van der Waals surface area contributed by atoms with Gasteiger partial charge in [-0.2, -0.15) is 0 Å². The third-order valence-corrected chi connectivity index (χ3v) is 4.80. The van der Waals surface area contributed by atoms with Crippen LogP contribution in [0.25, 0.3) is 0 Å². The van der Waals surface area contributed by atoms with E-state index in [2.05, 4.69) is 23.5 Å². The first-order valence-corrected chi connectivity index (χ1v) is 8.42. The number of amides is 1. The number of rotatable bonds is 6. The molecule has 1 aromatic carbocycles. The van der Waals surface area contributed by atoms with E-state index in [1.807, 2.05) is 25.1 Å². The van der Waals surface area contributed by atoms with Gasteiger partial charge in [0.2, 0.25) is 5.91 Å². The second kappa shape index (κ2) is 8.15. The lowest BCUT2D eigenvalue weighted by Crippen LogP contribution is -2.32. The molecule has 0 unspecified atom stereocenters. The molecular formula is C17H23NOS. The van der Waals surface area contributed by atoms with Crippen molar-refractivity contribution in [3.05, 3.63) is 47.5 Å². The van der Waals surface area contributed by atoms with E-state index in [1.54, 1.807) is 11.8 Å². The molecule has 1 aromatic rings. The molecule has 2 rings (SSSR count). The summed E-state index contributed by atoms with van der Waals surface area (Å²) in [6.45, 7) is 2.72. The summed E-state index contributed by atoms with van der Waals surface area (Å²) >= 11 is 1.69. The highest BCUT2D eigenvalue weighted by Gasteiger charge is 2.13. The van der Waals surface area contributed by atoms with Crippen LogP contribution < -0.4 is 5.32 Å². The third-order valence-electron chi connectivity index (χ3n) is 3.59. The zero-order chi connectivity index (χ0) is 14.2. The monoisotopic (exact) mass is 289 g/mol. The minimum absolute atomic E-state index is 0.000559. The van der Waals surface area contributed by atoms with E-state index in [4.69, 9.17) is 0 Å². The van der Waals surface area contributed by atoms with Crippen LogP contribution in [-0.2, 0) is 10.5 Å². The molecule has 2 nitrogen and oxygen atoms in total. The zero-order valence-corrected chi connectivity index (χ0v) is 12.9. The van der Waals surface area contributed by atoms with Gasteiger partial charge >= 0.3 is 0 Å². The first-order valence-electron chi connectivity index (χ1n) is 7.37. The van der Waals surface area contributed by atoms with Gasteiger partial charge < -0.3 is 5.32 Å². The molecular weight excluding hydrogens is 266 g/mol. The van der Waals surface area contributed by atoms with Gasteiger partial charge in [0, 0.05) is 12.3 Å². The molecule has 20 heavy (non-hydrogen) atoms.